The summed E-state index contributed by atoms with van der Waals surface area (Å²) in [6.45, 7) is 2.56. The van der Waals surface area contributed by atoms with Crippen LogP contribution in [0.2, 0.25) is 0 Å². The Kier molecular flexibility index (Phi) is 2.47. The van der Waals surface area contributed by atoms with Crippen LogP contribution in [0, 0.1) is 0 Å². The van der Waals surface area contributed by atoms with Crippen LogP contribution in [0.3, 0.4) is 0 Å². The molecule has 2 aromatic rings. The summed E-state index contributed by atoms with van der Waals surface area (Å²) >= 11 is 1.60. The van der Waals surface area contributed by atoms with E-state index in [1.165, 1.54) is 0 Å². The average molecular weight is 236 g/mol. The topological polar surface area (TPSA) is 68.2 Å². The highest BCUT2D eigenvalue weighted by Gasteiger charge is 2.24. The molecular weight excluding hydrogens is 224 g/mol. The van der Waals surface area contributed by atoms with Gasteiger partial charge in [0.05, 0.1) is 11.4 Å². The zero-order valence-electron chi connectivity index (χ0n) is 8.67. The molecule has 1 aliphatic rings. The highest BCUT2D eigenvalue weighted by atomic mass is 32.1. The van der Waals surface area contributed by atoms with Gasteiger partial charge in [-0.2, -0.15) is 4.98 Å². The van der Waals surface area contributed by atoms with Crippen LogP contribution in [-0.4, -0.2) is 34.2 Å². The maximum atomic E-state index is 5.70. The molecule has 2 aromatic heterocycles. The third kappa shape index (κ3) is 1.87. The molecule has 0 spiro atoms. The molecule has 0 amide bonds. The average Bonchev–Trinajstić information content (AvgIpc) is 2.84. The predicted octanol–water partition coefficient (Wildman–Crippen LogP) is 0.941. The van der Waals surface area contributed by atoms with Crippen LogP contribution in [0.5, 0.6) is 0 Å². The van der Waals surface area contributed by atoms with Gasteiger partial charge in [0, 0.05) is 19.1 Å². The van der Waals surface area contributed by atoms with E-state index in [1.54, 1.807) is 11.3 Å². The minimum Gasteiger partial charge on any atom is -0.333 e. The van der Waals surface area contributed by atoms with Crippen LogP contribution in [0.15, 0.2) is 22.0 Å². The summed E-state index contributed by atoms with van der Waals surface area (Å²) in [5, 5.41) is 5.95. The van der Waals surface area contributed by atoms with Gasteiger partial charge in [-0.3, -0.25) is 4.90 Å². The molecule has 0 radical (unpaired) electrons. The molecule has 2 N–H and O–H groups in total. The SMILES string of the molecule is NC1CN(Cc2noc(-c3cccs3)n2)C1. The summed E-state index contributed by atoms with van der Waals surface area (Å²) in [6.07, 6.45) is 0. The number of rotatable bonds is 3. The fourth-order valence-corrected chi connectivity index (χ4v) is 2.40. The van der Waals surface area contributed by atoms with E-state index in [1.807, 2.05) is 17.5 Å². The molecule has 3 rings (SSSR count). The van der Waals surface area contributed by atoms with E-state index in [9.17, 15) is 0 Å². The Balaban J connectivity index is 1.69. The Morgan fingerprint density at radius 3 is 3.12 bits per heavy atom. The Bertz CT molecular complexity index is 461. The molecule has 16 heavy (non-hydrogen) atoms. The molecule has 1 saturated heterocycles. The monoisotopic (exact) mass is 236 g/mol. The van der Waals surface area contributed by atoms with Gasteiger partial charge in [-0.05, 0) is 11.4 Å². The minimum absolute atomic E-state index is 0.309. The number of hydrogen-bond donors (Lipinski definition) is 1. The summed E-state index contributed by atoms with van der Waals surface area (Å²) in [5.74, 6) is 1.34. The van der Waals surface area contributed by atoms with Crippen molar-refractivity contribution >= 4 is 11.3 Å². The maximum Gasteiger partial charge on any atom is 0.268 e. The first kappa shape index (κ1) is 9.95. The van der Waals surface area contributed by atoms with Crippen LogP contribution in [0.25, 0.3) is 10.8 Å². The molecule has 1 fully saturated rings. The second-order valence-corrected chi connectivity index (χ2v) is 4.89. The summed E-state index contributed by atoms with van der Waals surface area (Å²) in [6, 6.07) is 4.25. The highest BCUT2D eigenvalue weighted by molar-refractivity contribution is 7.13. The molecule has 0 bridgehead atoms. The van der Waals surface area contributed by atoms with Crippen molar-refractivity contribution in [1.82, 2.24) is 15.0 Å². The number of thiophene rings is 1. The number of nitrogens with zero attached hydrogens (tertiary/aromatic N) is 3. The van der Waals surface area contributed by atoms with Crippen LogP contribution in [0.4, 0.5) is 0 Å². The molecular formula is C10H12N4OS. The molecule has 0 aliphatic carbocycles. The first-order valence-electron chi connectivity index (χ1n) is 5.15. The first-order valence-corrected chi connectivity index (χ1v) is 6.03. The van der Waals surface area contributed by atoms with Crippen LogP contribution in [-0.2, 0) is 6.54 Å². The fraction of sp³-hybridized carbons (Fsp3) is 0.400. The van der Waals surface area contributed by atoms with Crippen LogP contribution < -0.4 is 5.73 Å². The zero-order valence-corrected chi connectivity index (χ0v) is 9.48. The van der Waals surface area contributed by atoms with Gasteiger partial charge < -0.3 is 10.3 Å². The van der Waals surface area contributed by atoms with E-state index in [-0.39, 0.29) is 0 Å². The van der Waals surface area contributed by atoms with Gasteiger partial charge in [0.1, 0.15) is 0 Å². The quantitative estimate of drug-likeness (QED) is 0.859. The lowest BCUT2D eigenvalue weighted by molar-refractivity contribution is 0.137. The Hall–Kier alpha value is -1.24. The van der Waals surface area contributed by atoms with E-state index >= 15 is 0 Å². The molecule has 1 aliphatic heterocycles. The number of nitrogens with two attached hydrogens (primary N) is 1. The van der Waals surface area contributed by atoms with Crippen molar-refractivity contribution in [2.24, 2.45) is 5.73 Å². The maximum absolute atomic E-state index is 5.70. The highest BCUT2D eigenvalue weighted by Crippen LogP contribution is 2.22. The second-order valence-electron chi connectivity index (χ2n) is 3.95. The molecule has 0 aromatic carbocycles. The van der Waals surface area contributed by atoms with Crippen molar-refractivity contribution in [3.05, 3.63) is 23.3 Å². The van der Waals surface area contributed by atoms with Crippen molar-refractivity contribution in [2.75, 3.05) is 13.1 Å². The second kappa shape index (κ2) is 3.97. The molecule has 0 atom stereocenters. The fourth-order valence-electron chi connectivity index (χ4n) is 1.76. The van der Waals surface area contributed by atoms with Crippen molar-refractivity contribution in [3.8, 4) is 10.8 Å². The van der Waals surface area contributed by atoms with E-state index < -0.39 is 0 Å². The number of aromatic nitrogens is 2. The minimum atomic E-state index is 0.309. The van der Waals surface area contributed by atoms with E-state index in [0.717, 1.165) is 30.3 Å². The van der Waals surface area contributed by atoms with Crippen molar-refractivity contribution in [2.45, 2.75) is 12.6 Å². The largest absolute Gasteiger partial charge is 0.333 e. The molecule has 0 saturated carbocycles. The molecule has 84 valence electrons. The van der Waals surface area contributed by atoms with Gasteiger partial charge in [0.15, 0.2) is 5.82 Å². The number of hydrogen-bond acceptors (Lipinski definition) is 6. The van der Waals surface area contributed by atoms with Crippen molar-refractivity contribution in [1.29, 1.82) is 0 Å². The standard InChI is InChI=1S/C10H12N4OS/c11-7-4-14(5-7)6-9-12-10(15-13-9)8-2-1-3-16-8/h1-3,7H,4-6,11H2. The van der Waals surface area contributed by atoms with Gasteiger partial charge in [-0.1, -0.05) is 11.2 Å². The smallest absolute Gasteiger partial charge is 0.268 e. The van der Waals surface area contributed by atoms with Gasteiger partial charge in [0.25, 0.3) is 5.89 Å². The lowest BCUT2D eigenvalue weighted by atomic mass is 10.1. The lowest BCUT2D eigenvalue weighted by Gasteiger charge is -2.35. The van der Waals surface area contributed by atoms with Crippen LogP contribution in [0.1, 0.15) is 5.82 Å². The van der Waals surface area contributed by atoms with Gasteiger partial charge in [0.2, 0.25) is 0 Å². The lowest BCUT2D eigenvalue weighted by Crippen LogP contribution is -2.55. The Labute approximate surface area is 96.9 Å². The van der Waals surface area contributed by atoms with E-state index in [2.05, 4.69) is 15.0 Å². The molecule has 5 nitrogen and oxygen atoms in total. The van der Waals surface area contributed by atoms with Crippen molar-refractivity contribution in [3.63, 3.8) is 0 Å². The summed E-state index contributed by atoms with van der Waals surface area (Å²) < 4.78 is 5.20. The van der Waals surface area contributed by atoms with Crippen LogP contribution >= 0.6 is 11.3 Å². The van der Waals surface area contributed by atoms with Gasteiger partial charge >= 0.3 is 0 Å². The third-order valence-corrected chi connectivity index (χ3v) is 3.41. The number of likely N-dealkylation sites (tertiary alicyclic amines) is 1. The Morgan fingerprint density at radius 1 is 1.56 bits per heavy atom. The summed E-state index contributed by atoms with van der Waals surface area (Å²) in [4.78, 5) is 7.56. The molecule has 6 heteroatoms. The molecule has 3 heterocycles. The van der Waals surface area contributed by atoms with E-state index in [0.29, 0.717) is 11.9 Å². The predicted molar refractivity (Wildman–Crippen MR) is 60.9 cm³/mol. The molecule has 0 unspecified atom stereocenters. The first-order chi connectivity index (χ1) is 7.81. The Morgan fingerprint density at radius 2 is 2.44 bits per heavy atom. The normalized spacial score (nSPS) is 17.6. The van der Waals surface area contributed by atoms with E-state index in [4.69, 9.17) is 10.3 Å². The third-order valence-electron chi connectivity index (χ3n) is 2.55. The van der Waals surface area contributed by atoms with Crippen molar-refractivity contribution < 1.29 is 4.52 Å². The van der Waals surface area contributed by atoms with Gasteiger partial charge in [-0.15, -0.1) is 11.3 Å². The zero-order chi connectivity index (χ0) is 11.0. The summed E-state index contributed by atoms with van der Waals surface area (Å²) in [5.41, 5.74) is 5.70. The summed E-state index contributed by atoms with van der Waals surface area (Å²) in [7, 11) is 0. The van der Waals surface area contributed by atoms with Gasteiger partial charge in [-0.25, -0.2) is 0 Å².